The maximum atomic E-state index is 10.3. The normalized spacial score (nSPS) is 25.3. The van der Waals surface area contributed by atoms with Crippen molar-refractivity contribution in [2.24, 2.45) is 4.99 Å². The molecule has 1 aromatic rings. The van der Waals surface area contributed by atoms with Gasteiger partial charge in [0.15, 0.2) is 5.96 Å². The molecule has 3 N–H and O–H groups in total. The van der Waals surface area contributed by atoms with Gasteiger partial charge in [-0.05, 0) is 45.1 Å². The standard InChI is InChI=1S/C20H32N4O.HI/c1-3-21-19(22-15-20(25)10-7-11-20)23-18-12-16(2)24(14-18)13-17-8-5-4-6-9-17;/h4-6,8-9,16,18,25H,3,7,10-15H2,1-2H3,(H2,21,22,23);1H. The van der Waals surface area contributed by atoms with E-state index in [0.29, 0.717) is 18.6 Å². The lowest BCUT2D eigenvalue weighted by atomic mass is 9.80. The summed E-state index contributed by atoms with van der Waals surface area (Å²) in [5.41, 5.74) is 0.799. The van der Waals surface area contributed by atoms with Crippen molar-refractivity contribution in [3.05, 3.63) is 35.9 Å². The number of rotatable bonds is 6. The van der Waals surface area contributed by atoms with E-state index in [-0.39, 0.29) is 24.0 Å². The van der Waals surface area contributed by atoms with Gasteiger partial charge in [-0.1, -0.05) is 30.3 Å². The second kappa shape index (κ2) is 9.90. The zero-order chi connectivity index (χ0) is 17.7. The van der Waals surface area contributed by atoms with E-state index in [1.165, 1.54) is 5.56 Å². The minimum Gasteiger partial charge on any atom is -0.388 e. The van der Waals surface area contributed by atoms with E-state index in [9.17, 15) is 5.11 Å². The van der Waals surface area contributed by atoms with Gasteiger partial charge in [0.05, 0.1) is 12.1 Å². The van der Waals surface area contributed by atoms with Crippen molar-refractivity contribution >= 4 is 29.9 Å². The quantitative estimate of drug-likeness (QED) is 0.339. The van der Waals surface area contributed by atoms with Gasteiger partial charge in [-0.3, -0.25) is 9.89 Å². The number of nitrogens with one attached hydrogen (secondary N) is 2. The van der Waals surface area contributed by atoms with Crippen LogP contribution in [0.1, 0.15) is 45.1 Å². The van der Waals surface area contributed by atoms with Crippen LogP contribution in [0.2, 0.25) is 0 Å². The van der Waals surface area contributed by atoms with E-state index >= 15 is 0 Å². The molecule has 1 saturated heterocycles. The Kier molecular flexibility index (Phi) is 8.16. The summed E-state index contributed by atoms with van der Waals surface area (Å²) in [6, 6.07) is 11.6. The minimum absolute atomic E-state index is 0. The van der Waals surface area contributed by atoms with Gasteiger partial charge in [-0.25, -0.2) is 0 Å². The molecule has 0 amide bonds. The van der Waals surface area contributed by atoms with Crippen LogP contribution < -0.4 is 10.6 Å². The monoisotopic (exact) mass is 472 g/mol. The smallest absolute Gasteiger partial charge is 0.191 e. The Morgan fingerprint density at radius 1 is 1.31 bits per heavy atom. The summed E-state index contributed by atoms with van der Waals surface area (Å²) in [5.74, 6) is 0.835. The molecule has 26 heavy (non-hydrogen) atoms. The third-order valence-corrected chi connectivity index (χ3v) is 5.43. The Morgan fingerprint density at radius 3 is 2.65 bits per heavy atom. The van der Waals surface area contributed by atoms with Crippen molar-refractivity contribution in [2.45, 2.75) is 63.8 Å². The van der Waals surface area contributed by atoms with Crippen molar-refractivity contribution in [1.29, 1.82) is 0 Å². The van der Waals surface area contributed by atoms with E-state index in [1.807, 2.05) is 0 Å². The van der Waals surface area contributed by atoms with Crippen LogP contribution in [0.4, 0.5) is 0 Å². The second-order valence-electron chi connectivity index (χ2n) is 7.61. The summed E-state index contributed by atoms with van der Waals surface area (Å²) < 4.78 is 0. The molecule has 1 aromatic carbocycles. The number of hydrogen-bond acceptors (Lipinski definition) is 3. The molecule has 0 aromatic heterocycles. The number of hydrogen-bond donors (Lipinski definition) is 3. The molecule has 3 rings (SSSR count). The zero-order valence-corrected chi connectivity index (χ0v) is 18.3. The molecular formula is C20H33IN4O. The highest BCUT2D eigenvalue weighted by atomic mass is 127. The summed E-state index contributed by atoms with van der Waals surface area (Å²) in [6.45, 7) is 7.72. The molecule has 2 aliphatic rings. The van der Waals surface area contributed by atoms with Gasteiger partial charge in [0.2, 0.25) is 0 Å². The van der Waals surface area contributed by atoms with Gasteiger partial charge in [-0.2, -0.15) is 0 Å². The van der Waals surface area contributed by atoms with Crippen molar-refractivity contribution < 1.29 is 5.11 Å². The van der Waals surface area contributed by atoms with E-state index < -0.39 is 5.60 Å². The molecule has 146 valence electrons. The average molecular weight is 472 g/mol. The molecule has 2 fully saturated rings. The van der Waals surface area contributed by atoms with E-state index in [4.69, 9.17) is 0 Å². The third kappa shape index (κ3) is 5.82. The van der Waals surface area contributed by atoms with Crippen LogP contribution >= 0.6 is 24.0 Å². The second-order valence-corrected chi connectivity index (χ2v) is 7.61. The molecule has 5 nitrogen and oxygen atoms in total. The molecule has 0 spiro atoms. The van der Waals surface area contributed by atoms with Crippen LogP contribution in [0.25, 0.3) is 0 Å². The minimum atomic E-state index is -0.565. The Bertz CT molecular complexity index is 576. The summed E-state index contributed by atoms with van der Waals surface area (Å²) in [6.07, 6.45) is 3.98. The molecule has 2 unspecified atom stereocenters. The lowest BCUT2D eigenvalue weighted by Crippen LogP contribution is -2.46. The predicted molar refractivity (Wildman–Crippen MR) is 118 cm³/mol. The molecule has 0 radical (unpaired) electrons. The zero-order valence-electron chi connectivity index (χ0n) is 15.9. The van der Waals surface area contributed by atoms with Gasteiger partial charge in [0.1, 0.15) is 0 Å². The Morgan fingerprint density at radius 2 is 2.04 bits per heavy atom. The van der Waals surface area contributed by atoms with E-state index in [2.05, 4.69) is 64.7 Å². The first-order valence-electron chi connectivity index (χ1n) is 9.63. The third-order valence-electron chi connectivity index (χ3n) is 5.43. The SMILES string of the molecule is CCNC(=NCC1(O)CCC1)NC1CC(C)N(Cc2ccccc2)C1.I. The topological polar surface area (TPSA) is 59.9 Å². The number of nitrogens with zero attached hydrogens (tertiary/aromatic N) is 2. The number of benzene rings is 1. The molecular weight excluding hydrogens is 439 g/mol. The van der Waals surface area contributed by atoms with E-state index in [0.717, 1.165) is 51.3 Å². The molecule has 1 aliphatic carbocycles. The lowest BCUT2D eigenvalue weighted by molar-refractivity contribution is -0.0236. The maximum Gasteiger partial charge on any atom is 0.191 e. The van der Waals surface area contributed by atoms with Crippen LogP contribution in [0.15, 0.2) is 35.3 Å². The van der Waals surface area contributed by atoms with Crippen LogP contribution in [0.3, 0.4) is 0 Å². The fourth-order valence-corrected chi connectivity index (χ4v) is 3.72. The van der Waals surface area contributed by atoms with Gasteiger partial charge >= 0.3 is 0 Å². The number of halogens is 1. The summed E-state index contributed by atoms with van der Waals surface area (Å²) in [7, 11) is 0. The van der Waals surface area contributed by atoms with Crippen molar-refractivity contribution in [3.63, 3.8) is 0 Å². The lowest BCUT2D eigenvalue weighted by Gasteiger charge is -2.35. The maximum absolute atomic E-state index is 10.3. The molecule has 1 heterocycles. The summed E-state index contributed by atoms with van der Waals surface area (Å²) in [5, 5.41) is 17.2. The molecule has 2 atom stereocenters. The fraction of sp³-hybridized carbons (Fsp3) is 0.650. The Hall–Kier alpha value is -0.860. The number of aliphatic hydroxyl groups is 1. The fourth-order valence-electron chi connectivity index (χ4n) is 3.72. The molecule has 6 heteroatoms. The number of guanidine groups is 1. The van der Waals surface area contributed by atoms with Crippen LogP contribution in [0.5, 0.6) is 0 Å². The first-order chi connectivity index (χ1) is 12.1. The predicted octanol–water partition coefficient (Wildman–Crippen LogP) is 2.74. The first-order valence-corrected chi connectivity index (χ1v) is 9.63. The van der Waals surface area contributed by atoms with Gasteiger partial charge in [0, 0.05) is 31.7 Å². The van der Waals surface area contributed by atoms with Crippen molar-refractivity contribution in [1.82, 2.24) is 15.5 Å². The van der Waals surface area contributed by atoms with Crippen LogP contribution in [0, 0.1) is 0 Å². The number of likely N-dealkylation sites (tertiary alicyclic amines) is 1. The largest absolute Gasteiger partial charge is 0.388 e. The molecule has 1 saturated carbocycles. The summed E-state index contributed by atoms with van der Waals surface area (Å²) >= 11 is 0. The number of aliphatic imine (C=N–C) groups is 1. The van der Waals surface area contributed by atoms with E-state index in [1.54, 1.807) is 0 Å². The molecule has 1 aliphatic heterocycles. The van der Waals surface area contributed by atoms with Crippen LogP contribution in [-0.4, -0.2) is 53.3 Å². The van der Waals surface area contributed by atoms with Gasteiger partial charge in [-0.15, -0.1) is 24.0 Å². The van der Waals surface area contributed by atoms with Gasteiger partial charge < -0.3 is 15.7 Å². The van der Waals surface area contributed by atoms with Crippen molar-refractivity contribution in [2.75, 3.05) is 19.6 Å². The van der Waals surface area contributed by atoms with Gasteiger partial charge in [0.25, 0.3) is 0 Å². The Labute approximate surface area is 174 Å². The molecule has 0 bridgehead atoms. The first kappa shape index (κ1) is 21.4. The highest BCUT2D eigenvalue weighted by Gasteiger charge is 2.34. The highest BCUT2D eigenvalue weighted by Crippen LogP contribution is 2.31. The average Bonchev–Trinajstić information content (AvgIpc) is 2.91. The van der Waals surface area contributed by atoms with Crippen molar-refractivity contribution in [3.8, 4) is 0 Å². The van der Waals surface area contributed by atoms with Crippen LogP contribution in [-0.2, 0) is 6.54 Å². The summed E-state index contributed by atoms with van der Waals surface area (Å²) in [4.78, 5) is 7.15. The Balaban J connectivity index is 0.00000243. The highest BCUT2D eigenvalue weighted by molar-refractivity contribution is 14.0.